The van der Waals surface area contributed by atoms with Crippen molar-refractivity contribution in [2.45, 2.75) is 45.1 Å². The number of ether oxygens (including phenoxy) is 1. The summed E-state index contributed by atoms with van der Waals surface area (Å²) >= 11 is 0. The van der Waals surface area contributed by atoms with Crippen molar-refractivity contribution in [1.29, 1.82) is 0 Å². The molecule has 0 aliphatic carbocycles. The number of anilines is 1. The largest absolute Gasteiger partial charge is 0.420 e. The number of rotatable bonds is 7. The van der Waals surface area contributed by atoms with Gasteiger partial charge in [-0.1, -0.05) is 13.3 Å². The summed E-state index contributed by atoms with van der Waals surface area (Å²) in [7, 11) is 1.14. The molecular weight excluding hydrogens is 495 g/mol. The Hall–Kier alpha value is -3.57. The molecule has 12 heteroatoms. The average molecular weight is 519 g/mol. The van der Waals surface area contributed by atoms with Crippen molar-refractivity contribution < 1.29 is 40.3 Å². The van der Waals surface area contributed by atoms with Gasteiger partial charge in [-0.2, -0.15) is 26.3 Å². The van der Waals surface area contributed by atoms with E-state index < -0.39 is 46.7 Å². The molecule has 1 amide bonds. The molecule has 0 aliphatic rings. The molecule has 0 saturated carbocycles. The fraction of sp³-hybridized carbons (Fsp3) is 0.333. The van der Waals surface area contributed by atoms with Crippen LogP contribution in [0.5, 0.6) is 5.75 Å². The minimum Gasteiger partial charge on any atom is -0.409 e. The number of carbonyl (C=O) groups excluding carboxylic acids is 1. The van der Waals surface area contributed by atoms with Crippen molar-refractivity contribution in [3.05, 3.63) is 65.1 Å². The number of nitrogens with zero attached hydrogens (tertiary/aromatic N) is 2. The number of carbonyl (C=O) groups is 1. The van der Waals surface area contributed by atoms with Gasteiger partial charge in [-0.3, -0.25) is 9.89 Å². The van der Waals surface area contributed by atoms with E-state index in [4.69, 9.17) is 10.5 Å². The van der Waals surface area contributed by atoms with Crippen molar-refractivity contribution in [1.82, 2.24) is 0 Å². The summed E-state index contributed by atoms with van der Waals surface area (Å²) in [5, 5.41) is 0. The van der Waals surface area contributed by atoms with Gasteiger partial charge in [-0.15, -0.1) is 0 Å². The summed E-state index contributed by atoms with van der Waals surface area (Å²) in [6.07, 6.45) is -8.67. The number of halogens is 7. The highest BCUT2D eigenvalue weighted by Gasteiger charge is 2.41. The third-order valence-electron chi connectivity index (χ3n) is 5.06. The minimum absolute atomic E-state index is 0.0629. The Bertz CT molecular complexity index is 1120. The molecule has 1 atom stereocenters. The SMILES string of the molecule is CCCC(C)N=C/C(=C\N)c1cc(C(F)(F)F)cc(C(F)(F)F)c1OC(=O)N(C)c1ccc(F)cc1. The second-order valence-corrected chi connectivity index (χ2v) is 7.84. The molecule has 5 nitrogen and oxygen atoms in total. The normalized spacial score (nSPS) is 13.7. The molecule has 0 aromatic heterocycles. The van der Waals surface area contributed by atoms with E-state index in [9.17, 15) is 35.5 Å². The highest BCUT2D eigenvalue weighted by Crippen LogP contribution is 2.44. The highest BCUT2D eigenvalue weighted by molar-refractivity contribution is 6.11. The lowest BCUT2D eigenvalue weighted by atomic mass is 9.98. The maximum absolute atomic E-state index is 13.9. The van der Waals surface area contributed by atoms with Gasteiger partial charge in [0.05, 0.1) is 11.1 Å². The molecule has 2 aromatic rings. The van der Waals surface area contributed by atoms with Crippen LogP contribution < -0.4 is 15.4 Å². The van der Waals surface area contributed by atoms with Crippen LogP contribution in [0.3, 0.4) is 0 Å². The number of aliphatic imine (C=N–C) groups is 1. The molecule has 2 rings (SSSR count). The molecule has 0 saturated heterocycles. The van der Waals surface area contributed by atoms with Crippen LogP contribution in [0.1, 0.15) is 43.4 Å². The van der Waals surface area contributed by atoms with Crippen molar-refractivity contribution in [2.75, 3.05) is 11.9 Å². The number of amides is 1. The predicted molar refractivity (Wildman–Crippen MR) is 122 cm³/mol. The Labute approximate surface area is 203 Å². The zero-order chi connectivity index (χ0) is 27.3. The molecule has 2 aromatic carbocycles. The topological polar surface area (TPSA) is 67.9 Å². The van der Waals surface area contributed by atoms with Gasteiger partial charge < -0.3 is 10.5 Å². The molecule has 36 heavy (non-hydrogen) atoms. The molecule has 0 aliphatic heterocycles. The second kappa shape index (κ2) is 11.4. The number of benzene rings is 2. The Balaban J connectivity index is 2.69. The first kappa shape index (κ1) is 28.7. The van der Waals surface area contributed by atoms with Gasteiger partial charge in [0.1, 0.15) is 5.82 Å². The highest BCUT2D eigenvalue weighted by atomic mass is 19.4. The van der Waals surface area contributed by atoms with Crippen LogP contribution in [-0.4, -0.2) is 25.4 Å². The Morgan fingerprint density at radius 1 is 1.11 bits per heavy atom. The van der Waals surface area contributed by atoms with Gasteiger partial charge in [-0.05, 0) is 49.7 Å². The number of allylic oxidation sites excluding steroid dienone is 1. The fourth-order valence-electron chi connectivity index (χ4n) is 3.16. The quantitative estimate of drug-likeness (QED) is 0.315. The Kier molecular flexibility index (Phi) is 9.11. The van der Waals surface area contributed by atoms with E-state index in [2.05, 4.69) is 4.99 Å². The van der Waals surface area contributed by atoms with E-state index in [1.54, 1.807) is 6.92 Å². The van der Waals surface area contributed by atoms with Gasteiger partial charge in [0.25, 0.3) is 0 Å². The van der Waals surface area contributed by atoms with E-state index >= 15 is 0 Å². The van der Waals surface area contributed by atoms with Crippen LogP contribution in [0.4, 0.5) is 41.2 Å². The van der Waals surface area contributed by atoms with Crippen molar-refractivity contribution in [2.24, 2.45) is 10.7 Å². The third kappa shape index (κ3) is 7.22. The predicted octanol–water partition coefficient (Wildman–Crippen LogP) is 7.06. The summed E-state index contributed by atoms with van der Waals surface area (Å²) in [4.78, 5) is 17.6. The molecule has 0 fully saturated rings. The smallest absolute Gasteiger partial charge is 0.409 e. The molecule has 2 N–H and O–H groups in total. The molecule has 1 unspecified atom stereocenters. The van der Waals surface area contributed by atoms with Crippen molar-refractivity contribution >= 4 is 23.6 Å². The lowest BCUT2D eigenvalue weighted by Crippen LogP contribution is -2.30. The summed E-state index contributed by atoms with van der Waals surface area (Å²) in [6.45, 7) is 3.59. The Morgan fingerprint density at radius 2 is 1.72 bits per heavy atom. The molecule has 0 heterocycles. The van der Waals surface area contributed by atoms with E-state index in [0.29, 0.717) is 12.5 Å². The van der Waals surface area contributed by atoms with Crippen LogP contribution in [0.15, 0.2) is 47.6 Å². The van der Waals surface area contributed by atoms with Gasteiger partial charge >= 0.3 is 18.4 Å². The zero-order valence-electron chi connectivity index (χ0n) is 19.5. The van der Waals surface area contributed by atoms with E-state index in [1.165, 1.54) is 12.1 Å². The van der Waals surface area contributed by atoms with Crippen LogP contribution in [-0.2, 0) is 12.4 Å². The lowest BCUT2D eigenvalue weighted by Gasteiger charge is -2.22. The van der Waals surface area contributed by atoms with E-state index in [1.807, 2.05) is 6.92 Å². The average Bonchev–Trinajstić information content (AvgIpc) is 2.78. The van der Waals surface area contributed by atoms with Crippen LogP contribution in [0.2, 0.25) is 0 Å². The summed E-state index contributed by atoms with van der Waals surface area (Å²) in [5.41, 5.74) is 1.11. The standard InChI is InChI=1S/C24H24F7N3O2/c1-4-5-14(2)33-13-15(12-32)19-10-16(23(26,27)28)11-20(24(29,30)31)21(19)36-22(35)34(3)18-8-6-17(25)7-9-18/h6-14H,4-5,32H2,1-3H3/b15-12+,33-13?. The zero-order valence-corrected chi connectivity index (χ0v) is 19.5. The van der Waals surface area contributed by atoms with E-state index in [-0.39, 0.29) is 23.4 Å². The van der Waals surface area contributed by atoms with Crippen LogP contribution in [0.25, 0.3) is 5.57 Å². The third-order valence-corrected chi connectivity index (χ3v) is 5.06. The summed E-state index contributed by atoms with van der Waals surface area (Å²) in [5.74, 6) is -1.81. The maximum atomic E-state index is 13.9. The summed E-state index contributed by atoms with van der Waals surface area (Å²) < 4.78 is 100. The second-order valence-electron chi connectivity index (χ2n) is 7.84. The Morgan fingerprint density at radius 3 is 2.22 bits per heavy atom. The van der Waals surface area contributed by atoms with Gasteiger partial charge in [-0.25, -0.2) is 9.18 Å². The first-order chi connectivity index (χ1) is 16.7. The number of hydrogen-bond acceptors (Lipinski definition) is 4. The molecular formula is C24H24F7N3O2. The lowest BCUT2D eigenvalue weighted by molar-refractivity contribution is -0.143. The molecule has 0 bridgehead atoms. The molecule has 0 spiro atoms. The molecule has 196 valence electrons. The van der Waals surface area contributed by atoms with Crippen molar-refractivity contribution in [3.8, 4) is 5.75 Å². The van der Waals surface area contributed by atoms with Gasteiger partial charge in [0.15, 0.2) is 5.75 Å². The first-order valence-electron chi connectivity index (χ1n) is 10.7. The van der Waals surface area contributed by atoms with Crippen LogP contribution >= 0.6 is 0 Å². The number of nitrogens with two attached hydrogens (primary N) is 1. The van der Waals surface area contributed by atoms with Crippen molar-refractivity contribution in [3.63, 3.8) is 0 Å². The summed E-state index contributed by atoms with van der Waals surface area (Å²) in [6, 6.07) is 4.32. The van der Waals surface area contributed by atoms with Gasteiger partial charge in [0.2, 0.25) is 0 Å². The van der Waals surface area contributed by atoms with E-state index in [0.717, 1.165) is 42.9 Å². The number of alkyl halides is 6. The number of hydrogen-bond donors (Lipinski definition) is 1. The fourth-order valence-corrected chi connectivity index (χ4v) is 3.16. The molecule has 0 radical (unpaired) electrons. The first-order valence-corrected chi connectivity index (χ1v) is 10.7. The van der Waals surface area contributed by atoms with Gasteiger partial charge in [0, 0.05) is 42.3 Å². The monoisotopic (exact) mass is 519 g/mol. The van der Waals surface area contributed by atoms with Crippen LogP contribution in [0, 0.1) is 5.82 Å². The maximum Gasteiger partial charge on any atom is 0.420 e. The minimum atomic E-state index is -5.33.